The second kappa shape index (κ2) is 4.56. The fraction of sp³-hybridized carbons (Fsp3) is 1.00. The van der Waals surface area contributed by atoms with E-state index in [1.807, 2.05) is 0 Å². The molecule has 0 aromatic carbocycles. The van der Waals surface area contributed by atoms with Crippen molar-refractivity contribution in [2.24, 2.45) is 5.92 Å². The zero-order valence-corrected chi connectivity index (χ0v) is 12.1. The number of ether oxygens (including phenoxy) is 1. The van der Waals surface area contributed by atoms with Gasteiger partial charge in [-0.05, 0) is 31.5 Å². The molecular weight excluding hydrogens is 204 g/mol. The molecule has 0 spiro atoms. The highest BCUT2D eigenvalue weighted by molar-refractivity contribution is 6.74. The lowest BCUT2D eigenvalue weighted by Gasteiger charge is -2.36. The average Bonchev–Trinajstić information content (AvgIpc) is 2.46. The van der Waals surface area contributed by atoms with E-state index >= 15 is 0 Å². The Kier molecular flexibility index (Phi) is 4.01. The molecular formula is C12H26O2Si. The van der Waals surface area contributed by atoms with Crippen LogP contribution in [0, 0.1) is 5.92 Å². The van der Waals surface area contributed by atoms with E-state index in [2.05, 4.69) is 40.8 Å². The van der Waals surface area contributed by atoms with Crippen molar-refractivity contribution in [2.75, 3.05) is 13.2 Å². The lowest BCUT2D eigenvalue weighted by atomic mass is 10.1. The summed E-state index contributed by atoms with van der Waals surface area (Å²) in [7, 11) is -1.55. The average molecular weight is 230 g/mol. The van der Waals surface area contributed by atoms with Gasteiger partial charge >= 0.3 is 0 Å². The number of hydrogen-bond acceptors (Lipinski definition) is 2. The number of hydrogen-bond donors (Lipinski definition) is 0. The predicted molar refractivity (Wildman–Crippen MR) is 66.7 cm³/mol. The molecule has 1 saturated heterocycles. The minimum atomic E-state index is -1.55. The van der Waals surface area contributed by atoms with E-state index in [0.29, 0.717) is 17.1 Å². The van der Waals surface area contributed by atoms with Gasteiger partial charge in [-0.1, -0.05) is 20.8 Å². The van der Waals surface area contributed by atoms with E-state index in [1.165, 1.54) is 0 Å². The van der Waals surface area contributed by atoms with E-state index in [0.717, 1.165) is 19.6 Å². The summed E-state index contributed by atoms with van der Waals surface area (Å²) < 4.78 is 11.7. The van der Waals surface area contributed by atoms with Crippen molar-refractivity contribution in [1.29, 1.82) is 0 Å². The molecule has 0 saturated carbocycles. The van der Waals surface area contributed by atoms with Crippen LogP contribution >= 0.6 is 0 Å². The van der Waals surface area contributed by atoms with E-state index in [9.17, 15) is 0 Å². The van der Waals surface area contributed by atoms with Crippen LogP contribution in [0.15, 0.2) is 0 Å². The van der Waals surface area contributed by atoms with Crippen LogP contribution in [0.3, 0.4) is 0 Å². The lowest BCUT2D eigenvalue weighted by Crippen LogP contribution is -2.42. The normalized spacial score (nSPS) is 28.4. The molecule has 2 unspecified atom stereocenters. The molecule has 2 nitrogen and oxygen atoms in total. The van der Waals surface area contributed by atoms with E-state index in [4.69, 9.17) is 9.16 Å². The van der Waals surface area contributed by atoms with Crippen LogP contribution in [0.4, 0.5) is 0 Å². The van der Waals surface area contributed by atoms with E-state index in [1.54, 1.807) is 0 Å². The summed E-state index contributed by atoms with van der Waals surface area (Å²) in [6, 6.07) is 0. The highest BCUT2D eigenvalue weighted by atomic mass is 28.4. The van der Waals surface area contributed by atoms with Gasteiger partial charge in [0.15, 0.2) is 8.32 Å². The maximum absolute atomic E-state index is 6.19. The summed E-state index contributed by atoms with van der Waals surface area (Å²) in [5, 5.41) is 0.318. The van der Waals surface area contributed by atoms with Crippen LogP contribution in [0.1, 0.15) is 34.1 Å². The highest BCUT2D eigenvalue weighted by Crippen LogP contribution is 2.37. The zero-order valence-electron chi connectivity index (χ0n) is 11.1. The Hall–Kier alpha value is 0.137. The van der Waals surface area contributed by atoms with Gasteiger partial charge in [0.25, 0.3) is 0 Å². The second-order valence-electron chi connectivity index (χ2n) is 6.32. The standard InChI is InChI=1S/C12H26O2Si/c1-10-7-11(8-13-10)9-14-15(5,6)12(2,3)4/h10-11H,7-9H2,1-6H3. The van der Waals surface area contributed by atoms with Gasteiger partial charge in [-0.3, -0.25) is 0 Å². The third-order valence-corrected chi connectivity index (χ3v) is 8.27. The summed E-state index contributed by atoms with van der Waals surface area (Å²) in [6.45, 7) is 15.4. The minimum absolute atomic E-state index is 0.318. The molecule has 0 amide bonds. The Morgan fingerprint density at radius 1 is 1.33 bits per heavy atom. The molecule has 1 aliphatic rings. The predicted octanol–water partition coefficient (Wildman–Crippen LogP) is 3.43. The van der Waals surface area contributed by atoms with Crippen LogP contribution in [0.2, 0.25) is 18.1 Å². The molecule has 2 atom stereocenters. The second-order valence-corrected chi connectivity index (χ2v) is 11.1. The fourth-order valence-electron chi connectivity index (χ4n) is 1.56. The Morgan fingerprint density at radius 3 is 2.33 bits per heavy atom. The summed E-state index contributed by atoms with van der Waals surface area (Å²) in [5.41, 5.74) is 0. The lowest BCUT2D eigenvalue weighted by molar-refractivity contribution is 0.113. The van der Waals surface area contributed by atoms with Crippen molar-refractivity contribution in [3.05, 3.63) is 0 Å². The van der Waals surface area contributed by atoms with Crippen molar-refractivity contribution >= 4 is 8.32 Å². The topological polar surface area (TPSA) is 18.5 Å². The van der Waals surface area contributed by atoms with E-state index < -0.39 is 8.32 Å². The van der Waals surface area contributed by atoms with Crippen molar-refractivity contribution in [3.8, 4) is 0 Å². The molecule has 0 aliphatic carbocycles. The molecule has 0 bridgehead atoms. The monoisotopic (exact) mass is 230 g/mol. The zero-order chi connectivity index (χ0) is 11.7. The molecule has 1 aliphatic heterocycles. The SMILES string of the molecule is CC1CC(CO[Si](C)(C)C(C)(C)C)CO1. The molecule has 15 heavy (non-hydrogen) atoms. The first-order valence-corrected chi connectivity index (χ1v) is 8.89. The molecule has 0 aromatic heterocycles. The summed E-state index contributed by atoms with van der Waals surface area (Å²) in [5.74, 6) is 0.620. The van der Waals surface area contributed by atoms with Gasteiger partial charge in [-0.15, -0.1) is 0 Å². The van der Waals surface area contributed by atoms with Gasteiger partial charge in [0.1, 0.15) is 0 Å². The van der Waals surface area contributed by atoms with Crippen LogP contribution in [-0.2, 0) is 9.16 Å². The van der Waals surface area contributed by atoms with Crippen molar-refractivity contribution in [2.45, 2.75) is 58.4 Å². The van der Waals surface area contributed by atoms with Gasteiger partial charge in [-0.25, -0.2) is 0 Å². The van der Waals surface area contributed by atoms with Gasteiger partial charge in [-0.2, -0.15) is 0 Å². The minimum Gasteiger partial charge on any atom is -0.416 e. The fourth-order valence-corrected chi connectivity index (χ4v) is 2.65. The van der Waals surface area contributed by atoms with Crippen molar-refractivity contribution < 1.29 is 9.16 Å². The molecule has 90 valence electrons. The maximum Gasteiger partial charge on any atom is 0.191 e. The molecule has 1 fully saturated rings. The Bertz CT molecular complexity index is 208. The molecule has 0 N–H and O–H groups in total. The smallest absolute Gasteiger partial charge is 0.191 e. The molecule has 0 radical (unpaired) electrons. The van der Waals surface area contributed by atoms with E-state index in [-0.39, 0.29) is 0 Å². The Labute approximate surface area is 95.5 Å². The van der Waals surface area contributed by atoms with Gasteiger partial charge in [0.2, 0.25) is 0 Å². The van der Waals surface area contributed by atoms with Crippen molar-refractivity contribution in [1.82, 2.24) is 0 Å². The Balaban J connectivity index is 2.36. The van der Waals surface area contributed by atoms with Crippen LogP contribution in [0.5, 0.6) is 0 Å². The molecule has 1 rings (SSSR count). The van der Waals surface area contributed by atoms with Gasteiger partial charge in [0, 0.05) is 12.5 Å². The highest BCUT2D eigenvalue weighted by Gasteiger charge is 2.38. The summed E-state index contributed by atoms with van der Waals surface area (Å²) in [4.78, 5) is 0. The van der Waals surface area contributed by atoms with Crippen LogP contribution in [0.25, 0.3) is 0 Å². The third-order valence-electron chi connectivity index (χ3n) is 3.77. The molecule has 1 heterocycles. The van der Waals surface area contributed by atoms with Gasteiger partial charge < -0.3 is 9.16 Å². The molecule has 3 heteroatoms. The first-order chi connectivity index (χ1) is 6.72. The first-order valence-electron chi connectivity index (χ1n) is 5.98. The molecule has 0 aromatic rings. The summed E-state index contributed by atoms with van der Waals surface area (Å²) in [6.07, 6.45) is 1.59. The van der Waals surface area contributed by atoms with Crippen LogP contribution in [-0.4, -0.2) is 27.6 Å². The van der Waals surface area contributed by atoms with Crippen LogP contribution < -0.4 is 0 Å². The third kappa shape index (κ3) is 3.57. The van der Waals surface area contributed by atoms with Gasteiger partial charge in [0.05, 0.1) is 12.7 Å². The first kappa shape index (κ1) is 13.2. The number of rotatable bonds is 3. The largest absolute Gasteiger partial charge is 0.416 e. The van der Waals surface area contributed by atoms with Crippen molar-refractivity contribution in [3.63, 3.8) is 0 Å². The maximum atomic E-state index is 6.19. The quantitative estimate of drug-likeness (QED) is 0.692. The Morgan fingerprint density at radius 2 is 1.93 bits per heavy atom. The summed E-state index contributed by atoms with van der Waals surface area (Å²) >= 11 is 0.